The van der Waals surface area contributed by atoms with Gasteiger partial charge in [-0.05, 0) is 49.2 Å². The molecule has 158 valence electrons. The molecule has 1 amide bonds. The molecule has 3 heteroatoms. The molecule has 0 saturated heterocycles. The van der Waals surface area contributed by atoms with Crippen LogP contribution < -0.4 is 9.80 Å². The van der Waals surface area contributed by atoms with Crippen molar-refractivity contribution in [2.75, 3.05) is 9.80 Å². The van der Waals surface area contributed by atoms with E-state index < -0.39 is 0 Å². The molecule has 3 nitrogen and oxygen atoms in total. The first-order valence-corrected chi connectivity index (χ1v) is 11.0. The van der Waals surface area contributed by atoms with E-state index in [1.165, 1.54) is 16.7 Å². The van der Waals surface area contributed by atoms with Crippen LogP contribution in [0.2, 0.25) is 0 Å². The van der Waals surface area contributed by atoms with Crippen LogP contribution in [-0.4, -0.2) is 5.91 Å². The van der Waals surface area contributed by atoms with Gasteiger partial charge in [0, 0.05) is 12.2 Å². The molecule has 0 bridgehead atoms. The van der Waals surface area contributed by atoms with Gasteiger partial charge >= 0.3 is 0 Å². The zero-order valence-corrected chi connectivity index (χ0v) is 18.4. The van der Waals surface area contributed by atoms with E-state index in [1.807, 2.05) is 41.3 Å². The molecule has 1 aliphatic heterocycles. The third-order valence-electron chi connectivity index (χ3n) is 6.09. The summed E-state index contributed by atoms with van der Waals surface area (Å²) in [5, 5.41) is 0. The summed E-state index contributed by atoms with van der Waals surface area (Å²) in [6, 6.07) is 35.1. The molecular formula is C29H26N2O. The lowest BCUT2D eigenvalue weighted by molar-refractivity contribution is 0.0968. The molecule has 0 unspecified atom stereocenters. The van der Waals surface area contributed by atoms with Crippen molar-refractivity contribution in [3.05, 3.63) is 131 Å². The number of aryl methyl sites for hydroxylation is 2. The van der Waals surface area contributed by atoms with Gasteiger partial charge in [0.05, 0.1) is 11.3 Å². The van der Waals surface area contributed by atoms with Crippen molar-refractivity contribution < 1.29 is 4.79 Å². The van der Waals surface area contributed by atoms with Crippen molar-refractivity contribution in [3.8, 4) is 0 Å². The van der Waals surface area contributed by atoms with Crippen LogP contribution in [0.4, 0.5) is 11.4 Å². The summed E-state index contributed by atoms with van der Waals surface area (Å²) in [5.41, 5.74) is 7.27. The van der Waals surface area contributed by atoms with Gasteiger partial charge in [0.15, 0.2) is 0 Å². The second kappa shape index (κ2) is 8.35. The number of para-hydroxylation sites is 1. The van der Waals surface area contributed by atoms with Crippen molar-refractivity contribution in [3.63, 3.8) is 0 Å². The molecule has 0 N–H and O–H groups in total. The summed E-state index contributed by atoms with van der Waals surface area (Å²) in [6.07, 6.45) is -0.249. The molecule has 0 aromatic heterocycles. The Bertz CT molecular complexity index is 1230. The van der Waals surface area contributed by atoms with E-state index in [0.717, 1.165) is 22.5 Å². The Hall–Kier alpha value is -3.85. The number of carbonyl (C=O) groups excluding carboxylic acids is 1. The molecule has 32 heavy (non-hydrogen) atoms. The van der Waals surface area contributed by atoms with Crippen LogP contribution in [0.15, 0.2) is 103 Å². The normalized spacial score (nSPS) is 15.6. The minimum atomic E-state index is -0.249. The lowest BCUT2D eigenvalue weighted by Gasteiger charge is -2.46. The molecule has 4 aromatic carbocycles. The second-order valence-electron chi connectivity index (χ2n) is 8.43. The van der Waals surface area contributed by atoms with Gasteiger partial charge in [-0.15, -0.1) is 0 Å². The van der Waals surface area contributed by atoms with Crippen molar-refractivity contribution >= 4 is 17.3 Å². The van der Waals surface area contributed by atoms with Gasteiger partial charge in [-0.25, -0.2) is 0 Å². The molecule has 1 aliphatic rings. The number of benzene rings is 4. The zero-order valence-electron chi connectivity index (χ0n) is 18.4. The molecule has 0 radical (unpaired) electrons. The van der Waals surface area contributed by atoms with Crippen LogP contribution >= 0.6 is 0 Å². The van der Waals surface area contributed by atoms with Gasteiger partial charge < -0.3 is 4.90 Å². The minimum Gasteiger partial charge on any atom is -0.342 e. The van der Waals surface area contributed by atoms with Gasteiger partial charge in [-0.2, -0.15) is 0 Å². The predicted octanol–water partition coefficient (Wildman–Crippen LogP) is 6.67. The van der Waals surface area contributed by atoms with Crippen LogP contribution in [0.3, 0.4) is 0 Å². The van der Waals surface area contributed by atoms with Crippen molar-refractivity contribution in [1.82, 2.24) is 0 Å². The maximum absolute atomic E-state index is 13.9. The van der Waals surface area contributed by atoms with E-state index in [4.69, 9.17) is 0 Å². The van der Waals surface area contributed by atoms with E-state index in [1.54, 1.807) is 0 Å². The topological polar surface area (TPSA) is 23.6 Å². The first kappa shape index (κ1) is 20.1. The maximum atomic E-state index is 13.9. The number of nitrogens with zero attached hydrogens (tertiary/aromatic N) is 2. The Morgan fingerprint density at radius 2 is 1.28 bits per heavy atom. The quantitative estimate of drug-likeness (QED) is 0.369. The Kier molecular flexibility index (Phi) is 5.24. The molecule has 1 heterocycles. The van der Waals surface area contributed by atoms with E-state index in [0.29, 0.717) is 6.54 Å². The van der Waals surface area contributed by atoms with E-state index in [-0.39, 0.29) is 12.1 Å². The predicted molar refractivity (Wildman–Crippen MR) is 131 cm³/mol. The lowest BCUT2D eigenvalue weighted by Crippen LogP contribution is -2.49. The standard InChI is InChI=1S/C29H26N2O/c1-21-12-16-24(17-13-21)28-30(20-23-8-4-3-5-9-23)27-11-7-6-10-26(27)29(32)31(28)25-18-14-22(2)15-19-25/h3-19,28H,20H2,1-2H3/t28-/m1/s1. The Labute approximate surface area is 189 Å². The molecule has 0 spiro atoms. The van der Waals surface area contributed by atoms with Gasteiger partial charge in [-0.3, -0.25) is 9.69 Å². The molecule has 4 aromatic rings. The molecule has 0 saturated carbocycles. The number of rotatable bonds is 4. The zero-order chi connectivity index (χ0) is 22.1. The van der Waals surface area contributed by atoms with Crippen molar-refractivity contribution in [2.24, 2.45) is 0 Å². The van der Waals surface area contributed by atoms with Gasteiger partial charge in [0.1, 0.15) is 6.17 Å². The van der Waals surface area contributed by atoms with Crippen LogP contribution in [-0.2, 0) is 6.54 Å². The Morgan fingerprint density at radius 3 is 1.97 bits per heavy atom. The summed E-state index contributed by atoms with van der Waals surface area (Å²) in [6.45, 7) is 4.85. The minimum absolute atomic E-state index is 0.0272. The monoisotopic (exact) mass is 418 g/mol. The summed E-state index contributed by atoms with van der Waals surface area (Å²) in [5.74, 6) is 0.0272. The molecule has 5 rings (SSSR count). The van der Waals surface area contributed by atoms with Crippen LogP contribution in [0, 0.1) is 13.8 Å². The average Bonchev–Trinajstić information content (AvgIpc) is 2.83. The van der Waals surface area contributed by atoms with E-state index in [9.17, 15) is 4.79 Å². The SMILES string of the molecule is Cc1ccc([C@@H]2N(Cc3ccccc3)c3ccccc3C(=O)N2c2ccc(C)cc2)cc1. The first-order valence-electron chi connectivity index (χ1n) is 11.0. The largest absolute Gasteiger partial charge is 0.342 e. The Balaban J connectivity index is 1.72. The summed E-state index contributed by atoms with van der Waals surface area (Å²) >= 11 is 0. The Morgan fingerprint density at radius 1 is 0.688 bits per heavy atom. The fraction of sp³-hybridized carbons (Fsp3) is 0.138. The molecular weight excluding hydrogens is 392 g/mol. The fourth-order valence-electron chi connectivity index (χ4n) is 4.40. The number of carbonyl (C=O) groups is 1. The number of hydrogen-bond donors (Lipinski definition) is 0. The lowest BCUT2D eigenvalue weighted by atomic mass is 9.98. The summed E-state index contributed by atoms with van der Waals surface area (Å²) in [4.78, 5) is 18.1. The van der Waals surface area contributed by atoms with Gasteiger partial charge in [0.25, 0.3) is 5.91 Å². The third-order valence-corrected chi connectivity index (χ3v) is 6.09. The van der Waals surface area contributed by atoms with Crippen LogP contribution in [0.1, 0.15) is 38.8 Å². The smallest absolute Gasteiger partial charge is 0.262 e. The van der Waals surface area contributed by atoms with E-state index >= 15 is 0 Å². The highest BCUT2D eigenvalue weighted by molar-refractivity contribution is 6.12. The molecule has 0 fully saturated rings. The summed E-state index contributed by atoms with van der Waals surface area (Å²) in [7, 11) is 0. The average molecular weight is 419 g/mol. The molecule has 1 atom stereocenters. The van der Waals surface area contributed by atoms with Crippen LogP contribution in [0.25, 0.3) is 0 Å². The summed E-state index contributed by atoms with van der Waals surface area (Å²) < 4.78 is 0. The van der Waals surface area contributed by atoms with Gasteiger partial charge in [-0.1, -0.05) is 90.0 Å². The van der Waals surface area contributed by atoms with Crippen LogP contribution in [0.5, 0.6) is 0 Å². The number of amides is 1. The number of hydrogen-bond acceptors (Lipinski definition) is 2. The highest BCUT2D eigenvalue weighted by Crippen LogP contribution is 2.42. The van der Waals surface area contributed by atoms with Gasteiger partial charge in [0.2, 0.25) is 0 Å². The molecule has 0 aliphatic carbocycles. The second-order valence-corrected chi connectivity index (χ2v) is 8.43. The number of anilines is 2. The van der Waals surface area contributed by atoms with Crippen molar-refractivity contribution in [1.29, 1.82) is 0 Å². The van der Waals surface area contributed by atoms with E-state index in [2.05, 4.69) is 85.5 Å². The third kappa shape index (κ3) is 3.67. The van der Waals surface area contributed by atoms with Crippen molar-refractivity contribution in [2.45, 2.75) is 26.6 Å². The maximum Gasteiger partial charge on any atom is 0.262 e. The highest BCUT2D eigenvalue weighted by atomic mass is 16.2. The fourth-order valence-corrected chi connectivity index (χ4v) is 4.40. The number of fused-ring (bicyclic) bond motifs is 1. The first-order chi connectivity index (χ1) is 15.6. The highest BCUT2D eigenvalue weighted by Gasteiger charge is 2.39.